The van der Waals surface area contributed by atoms with Gasteiger partial charge >= 0.3 is 6.03 Å². The monoisotopic (exact) mass is 791 g/mol. The molecule has 1 aromatic rings. The number of hydrogen-bond donors (Lipinski definition) is 6. The minimum atomic E-state index is -0.939. The van der Waals surface area contributed by atoms with E-state index in [1.54, 1.807) is 13.8 Å². The number of rotatable bonds is 27. The van der Waals surface area contributed by atoms with Crippen molar-refractivity contribution in [2.24, 2.45) is 17.4 Å². The lowest BCUT2D eigenvalue weighted by atomic mass is 10.0. The molecule has 2 atom stereocenters. The zero-order valence-corrected chi connectivity index (χ0v) is 35.8. The summed E-state index contributed by atoms with van der Waals surface area (Å²) in [7, 11) is 1.86. The van der Waals surface area contributed by atoms with Crippen LogP contribution in [0.1, 0.15) is 94.1 Å². The predicted molar refractivity (Wildman–Crippen MR) is 219 cm³/mol. The lowest BCUT2D eigenvalue weighted by Gasteiger charge is -2.24. The van der Waals surface area contributed by atoms with E-state index >= 15 is 0 Å². The number of primary amides is 2. The quantitative estimate of drug-likeness (QED) is 0.0556. The van der Waals surface area contributed by atoms with Gasteiger partial charge in [-0.3, -0.25) is 19.2 Å². The van der Waals surface area contributed by atoms with E-state index in [1.807, 2.05) is 92.8 Å². The molecule has 0 fully saturated rings. The molecule has 0 saturated heterocycles. The Morgan fingerprint density at radius 3 is 1.64 bits per heavy atom. The number of amides is 5. The molecule has 0 aliphatic carbocycles. The average molecular weight is 791 g/mol. The molecule has 16 heteroatoms. The summed E-state index contributed by atoms with van der Waals surface area (Å²) in [6.45, 7) is 24.8. The molecule has 2 unspecified atom stereocenters. The molecular weight excluding hydrogens is 712 g/mol. The van der Waals surface area contributed by atoms with Crippen LogP contribution in [-0.4, -0.2) is 115 Å². The lowest BCUT2D eigenvalue weighted by Crippen LogP contribution is -2.54. The van der Waals surface area contributed by atoms with E-state index in [4.69, 9.17) is 30.4 Å². The Balaban J connectivity index is -0.000000383. The molecule has 0 radical (unpaired) electrons. The van der Waals surface area contributed by atoms with Gasteiger partial charge in [-0.25, -0.2) is 4.79 Å². The largest absolute Gasteiger partial charge is 0.463 e. The molecule has 8 N–H and O–H groups in total. The Morgan fingerprint density at radius 1 is 0.709 bits per heavy atom. The van der Waals surface area contributed by atoms with Crippen LogP contribution in [0.2, 0.25) is 0 Å². The van der Waals surface area contributed by atoms with Gasteiger partial charge in [0, 0.05) is 19.5 Å². The summed E-state index contributed by atoms with van der Waals surface area (Å²) in [6.07, 6.45) is 0.661. The number of nitrogens with one attached hydrogen (secondary N) is 4. The third kappa shape index (κ3) is 44.5. The van der Waals surface area contributed by atoms with Gasteiger partial charge in [0.25, 0.3) is 6.47 Å². The second-order valence-corrected chi connectivity index (χ2v) is 10.4. The first-order chi connectivity index (χ1) is 26.6. The van der Waals surface area contributed by atoms with Crippen LogP contribution in [-0.2, 0) is 49.5 Å². The van der Waals surface area contributed by atoms with Crippen LogP contribution < -0.4 is 32.7 Å². The van der Waals surface area contributed by atoms with E-state index in [0.29, 0.717) is 65.7 Å². The number of carbonyl (C=O) groups excluding carboxylic acids is 5. The van der Waals surface area contributed by atoms with Gasteiger partial charge in [0.15, 0.2) is 0 Å². The van der Waals surface area contributed by atoms with Crippen molar-refractivity contribution in [3.05, 3.63) is 35.9 Å². The Morgan fingerprint density at radius 2 is 1.20 bits per heavy atom. The smallest absolute Gasteiger partial charge is 0.312 e. The summed E-state index contributed by atoms with van der Waals surface area (Å²) in [6, 6.07) is 7.08. The summed E-state index contributed by atoms with van der Waals surface area (Å²) >= 11 is 0. The van der Waals surface area contributed by atoms with Crippen molar-refractivity contribution in [3.63, 3.8) is 0 Å². The van der Waals surface area contributed by atoms with Gasteiger partial charge in [-0.05, 0) is 31.4 Å². The first-order valence-electron chi connectivity index (χ1n) is 19.6. The fraction of sp³-hybridized carbons (Fsp3) is 0.718. The van der Waals surface area contributed by atoms with E-state index in [1.165, 1.54) is 0 Å². The SMILES string of the molecule is CC.CC.CC.CC.CNCCOCCOCCOCCOCCC(=O)NC(C(=O)NC(CCCNC(N)=O)C(N)=O)C(C)C.O=COCc1ccccc1. The van der Waals surface area contributed by atoms with Crippen LogP contribution in [0.5, 0.6) is 0 Å². The first kappa shape index (κ1) is 60.4. The topological polar surface area (TPSA) is 232 Å². The van der Waals surface area contributed by atoms with Crippen molar-refractivity contribution >= 4 is 30.2 Å². The molecule has 0 spiro atoms. The minimum Gasteiger partial charge on any atom is -0.463 e. The Kier molecular flexibility index (Phi) is 55.1. The van der Waals surface area contributed by atoms with Crippen molar-refractivity contribution in [1.82, 2.24) is 21.3 Å². The summed E-state index contributed by atoms with van der Waals surface area (Å²) in [5, 5.41) is 10.6. The fourth-order valence-corrected chi connectivity index (χ4v) is 3.65. The molecule has 1 aromatic carbocycles. The van der Waals surface area contributed by atoms with E-state index in [0.717, 1.165) is 12.1 Å². The first-order valence-corrected chi connectivity index (χ1v) is 19.6. The van der Waals surface area contributed by atoms with Crippen molar-refractivity contribution in [2.75, 3.05) is 73.0 Å². The highest BCUT2D eigenvalue weighted by Gasteiger charge is 2.27. The maximum Gasteiger partial charge on any atom is 0.312 e. The summed E-state index contributed by atoms with van der Waals surface area (Å²) < 4.78 is 26.0. The standard InChI is InChI=1S/C23H46N6O8.C8H8O2.4C2H6/c1-17(2)20(22(32)28-18(21(24)31)5-4-7-27-23(25)33)29-19(30)6-9-34-11-13-36-15-16-37-14-12-35-10-8-26-3;9-7-10-6-8-4-2-1-3-5-8;4*1-2/h17-18,20,26H,4-16H2,1-3H3,(H2,24,31)(H,28,32)(H,29,30)(H3,25,27,33);1-5,7H,6H2;4*1-2H3. The summed E-state index contributed by atoms with van der Waals surface area (Å²) in [5.41, 5.74) is 11.4. The Bertz CT molecular complexity index is 991. The van der Waals surface area contributed by atoms with E-state index in [-0.39, 0.29) is 37.8 Å². The molecule has 16 nitrogen and oxygen atoms in total. The molecule has 324 valence electrons. The van der Waals surface area contributed by atoms with E-state index in [2.05, 4.69) is 26.0 Å². The molecule has 0 saturated carbocycles. The molecule has 1 rings (SSSR count). The maximum absolute atomic E-state index is 12.7. The zero-order valence-electron chi connectivity index (χ0n) is 35.8. The van der Waals surface area contributed by atoms with Gasteiger partial charge < -0.3 is 56.4 Å². The normalized spacial score (nSPS) is 10.5. The molecule has 0 heterocycles. The molecule has 0 aliphatic rings. The molecule has 55 heavy (non-hydrogen) atoms. The molecular formula is C39H78N6O10. The van der Waals surface area contributed by atoms with Crippen LogP contribution in [0.15, 0.2) is 30.3 Å². The number of urea groups is 1. The van der Waals surface area contributed by atoms with Gasteiger partial charge in [0.2, 0.25) is 17.7 Å². The van der Waals surface area contributed by atoms with Crippen molar-refractivity contribution in [3.8, 4) is 0 Å². The van der Waals surface area contributed by atoms with Crippen molar-refractivity contribution in [1.29, 1.82) is 0 Å². The highest BCUT2D eigenvalue weighted by Crippen LogP contribution is 2.05. The number of nitrogens with two attached hydrogens (primary N) is 2. The number of hydrogen-bond acceptors (Lipinski definition) is 11. The number of carbonyl (C=O) groups is 5. The highest BCUT2D eigenvalue weighted by atomic mass is 16.6. The molecule has 0 aromatic heterocycles. The van der Waals surface area contributed by atoms with E-state index < -0.39 is 29.9 Å². The average Bonchev–Trinajstić information content (AvgIpc) is 3.20. The third-order valence-electron chi connectivity index (χ3n) is 6.14. The maximum atomic E-state index is 12.7. The second kappa shape index (κ2) is 50.2. The summed E-state index contributed by atoms with van der Waals surface area (Å²) in [4.78, 5) is 57.2. The zero-order chi connectivity index (χ0) is 43.1. The second-order valence-electron chi connectivity index (χ2n) is 10.4. The van der Waals surface area contributed by atoms with Crippen LogP contribution in [0, 0.1) is 5.92 Å². The number of ether oxygens (including phenoxy) is 5. The molecule has 5 amide bonds. The van der Waals surface area contributed by atoms with Gasteiger partial charge in [-0.15, -0.1) is 0 Å². The summed E-state index contributed by atoms with van der Waals surface area (Å²) in [5.74, 6) is -1.82. The number of likely N-dealkylation sites (N-methyl/N-ethyl adjacent to an activating group) is 1. The Labute approximate surface area is 332 Å². The highest BCUT2D eigenvalue weighted by molar-refractivity contribution is 5.91. The van der Waals surface area contributed by atoms with Gasteiger partial charge in [0.1, 0.15) is 18.7 Å². The predicted octanol–water partition coefficient (Wildman–Crippen LogP) is 3.69. The van der Waals surface area contributed by atoms with Crippen LogP contribution in [0.25, 0.3) is 0 Å². The van der Waals surface area contributed by atoms with E-state index in [9.17, 15) is 24.0 Å². The minimum absolute atomic E-state index is 0.0607. The number of benzene rings is 1. The van der Waals surface area contributed by atoms with Crippen LogP contribution >= 0.6 is 0 Å². The van der Waals surface area contributed by atoms with Gasteiger partial charge in [0.05, 0.1) is 52.9 Å². The van der Waals surface area contributed by atoms with Crippen LogP contribution in [0.3, 0.4) is 0 Å². The van der Waals surface area contributed by atoms with Gasteiger partial charge in [-0.1, -0.05) is 99.6 Å². The fourth-order valence-electron chi connectivity index (χ4n) is 3.65. The Hall–Kier alpha value is -3.83. The van der Waals surface area contributed by atoms with Crippen molar-refractivity contribution < 1.29 is 47.7 Å². The molecule has 0 bridgehead atoms. The van der Waals surface area contributed by atoms with Crippen molar-refractivity contribution in [2.45, 2.75) is 107 Å². The molecule has 0 aliphatic heterocycles. The van der Waals surface area contributed by atoms with Gasteiger partial charge in [-0.2, -0.15) is 0 Å². The lowest BCUT2D eigenvalue weighted by molar-refractivity contribution is -0.132. The van der Waals surface area contributed by atoms with Crippen LogP contribution in [0.4, 0.5) is 4.79 Å². The third-order valence-corrected chi connectivity index (χ3v) is 6.14.